The summed E-state index contributed by atoms with van der Waals surface area (Å²) < 4.78 is 63.5. The molecular formula is C7H9F6NO6. The molecule has 0 saturated heterocycles. The van der Waals surface area contributed by atoms with Gasteiger partial charge in [-0.2, -0.15) is 26.3 Å². The number of carboxylic acids is 3. The van der Waals surface area contributed by atoms with Gasteiger partial charge in [0, 0.05) is 0 Å². The van der Waals surface area contributed by atoms with Crippen LogP contribution >= 0.6 is 0 Å². The van der Waals surface area contributed by atoms with Gasteiger partial charge in [-0.15, -0.1) is 0 Å². The summed E-state index contributed by atoms with van der Waals surface area (Å²) in [6, 6.07) is 0. The summed E-state index contributed by atoms with van der Waals surface area (Å²) in [7, 11) is 1.59. The molecule has 0 aromatic carbocycles. The predicted molar refractivity (Wildman–Crippen MR) is 48.9 cm³/mol. The van der Waals surface area contributed by atoms with Crippen LogP contribution in [0.5, 0.6) is 0 Å². The summed E-state index contributed by atoms with van der Waals surface area (Å²) in [4.78, 5) is 27.3. The van der Waals surface area contributed by atoms with Crippen LogP contribution in [0.4, 0.5) is 26.3 Å². The molecule has 0 aromatic heterocycles. The zero-order valence-electron chi connectivity index (χ0n) is 9.54. The van der Waals surface area contributed by atoms with Crippen molar-refractivity contribution in [1.29, 1.82) is 0 Å². The number of carbonyl (C=O) groups is 3. The van der Waals surface area contributed by atoms with Gasteiger partial charge in [-0.25, -0.2) is 9.59 Å². The van der Waals surface area contributed by atoms with Crippen LogP contribution in [0.3, 0.4) is 0 Å². The van der Waals surface area contributed by atoms with E-state index in [0.717, 1.165) is 0 Å². The molecule has 7 nitrogen and oxygen atoms in total. The van der Waals surface area contributed by atoms with Gasteiger partial charge in [-0.05, 0) is 7.05 Å². The van der Waals surface area contributed by atoms with E-state index in [1.54, 1.807) is 7.05 Å². The first kappa shape index (κ1) is 23.1. The van der Waals surface area contributed by atoms with Crippen LogP contribution in [0, 0.1) is 0 Å². The summed E-state index contributed by atoms with van der Waals surface area (Å²) in [6.45, 7) is 0.0417. The van der Waals surface area contributed by atoms with Crippen molar-refractivity contribution in [3.8, 4) is 0 Å². The first-order chi connectivity index (χ1) is 8.66. The van der Waals surface area contributed by atoms with Crippen LogP contribution in [-0.4, -0.2) is 59.2 Å². The summed E-state index contributed by atoms with van der Waals surface area (Å²) in [5, 5.41) is 24.6. The summed E-state index contributed by atoms with van der Waals surface area (Å²) >= 11 is 0. The Hall–Kier alpha value is -2.05. The standard InChI is InChI=1S/C3H7NO2.2C2HF3O2/c1-4-2-3(5)6;2*3-2(4,5)1(6)7/h4H,2H2,1H3,(H,5,6);2*(H,6,7). The first-order valence-electron chi connectivity index (χ1n) is 4.12. The Bertz CT molecular complexity index is 301. The molecule has 20 heavy (non-hydrogen) atoms. The van der Waals surface area contributed by atoms with Crippen molar-refractivity contribution >= 4 is 17.9 Å². The highest BCUT2D eigenvalue weighted by Crippen LogP contribution is 2.13. The molecule has 0 bridgehead atoms. The Labute approximate surface area is 106 Å². The molecular weight excluding hydrogens is 308 g/mol. The normalized spacial score (nSPS) is 10.3. The van der Waals surface area contributed by atoms with E-state index in [-0.39, 0.29) is 6.54 Å². The average Bonchev–Trinajstić information content (AvgIpc) is 2.15. The molecule has 120 valence electrons. The third kappa shape index (κ3) is 21.3. The molecule has 0 spiro atoms. The quantitative estimate of drug-likeness (QED) is 0.548. The Balaban J connectivity index is -0.000000218. The fraction of sp³-hybridized carbons (Fsp3) is 0.571. The van der Waals surface area contributed by atoms with E-state index in [4.69, 9.17) is 24.9 Å². The first-order valence-corrected chi connectivity index (χ1v) is 4.12. The molecule has 0 radical (unpaired) electrons. The fourth-order valence-electron chi connectivity index (χ4n) is 0.151. The van der Waals surface area contributed by atoms with E-state index < -0.39 is 30.3 Å². The molecule has 0 aliphatic carbocycles. The van der Waals surface area contributed by atoms with Gasteiger partial charge in [-0.1, -0.05) is 0 Å². The molecule has 0 rings (SSSR count). The number of alkyl halides is 6. The second-order valence-electron chi connectivity index (χ2n) is 2.53. The van der Waals surface area contributed by atoms with Crippen molar-refractivity contribution in [3.63, 3.8) is 0 Å². The molecule has 13 heteroatoms. The number of aliphatic carboxylic acids is 3. The van der Waals surface area contributed by atoms with Gasteiger partial charge in [0.05, 0.1) is 6.54 Å². The minimum absolute atomic E-state index is 0.0417. The van der Waals surface area contributed by atoms with Crippen LogP contribution in [-0.2, 0) is 14.4 Å². The molecule has 0 aromatic rings. The highest BCUT2D eigenvalue weighted by atomic mass is 19.4. The van der Waals surface area contributed by atoms with Crippen LogP contribution in [0.25, 0.3) is 0 Å². The van der Waals surface area contributed by atoms with Crippen molar-refractivity contribution in [3.05, 3.63) is 0 Å². The predicted octanol–water partition coefficient (Wildman–Crippen LogP) is 0.557. The Morgan fingerprint density at radius 3 is 1.05 bits per heavy atom. The van der Waals surface area contributed by atoms with Crippen molar-refractivity contribution < 1.29 is 56.0 Å². The Morgan fingerprint density at radius 1 is 0.850 bits per heavy atom. The van der Waals surface area contributed by atoms with Gasteiger partial charge in [0.25, 0.3) is 0 Å². The SMILES string of the molecule is CNCC(=O)O.O=C(O)C(F)(F)F.O=C(O)C(F)(F)F. The second kappa shape index (κ2) is 9.82. The monoisotopic (exact) mass is 317 g/mol. The summed E-state index contributed by atoms with van der Waals surface area (Å²) in [6.07, 6.45) is -10.2. The van der Waals surface area contributed by atoms with Crippen LogP contribution < -0.4 is 5.32 Å². The number of rotatable bonds is 2. The van der Waals surface area contributed by atoms with Crippen LogP contribution in [0.2, 0.25) is 0 Å². The molecule has 0 fully saturated rings. The van der Waals surface area contributed by atoms with Gasteiger partial charge < -0.3 is 20.6 Å². The summed E-state index contributed by atoms with van der Waals surface area (Å²) in [5.74, 6) is -6.34. The highest BCUT2D eigenvalue weighted by molar-refractivity contribution is 5.73. The minimum Gasteiger partial charge on any atom is -0.480 e. The van der Waals surface area contributed by atoms with Crippen molar-refractivity contribution in [1.82, 2.24) is 5.32 Å². The number of halogens is 6. The lowest BCUT2D eigenvalue weighted by Crippen LogP contribution is -2.21. The lowest BCUT2D eigenvalue weighted by atomic mass is 10.7. The average molecular weight is 317 g/mol. The largest absolute Gasteiger partial charge is 0.490 e. The molecule has 0 heterocycles. The maximum Gasteiger partial charge on any atom is 0.490 e. The van der Waals surface area contributed by atoms with E-state index in [1.807, 2.05) is 0 Å². The zero-order chi connectivity index (χ0) is 17.1. The molecule has 4 N–H and O–H groups in total. The van der Waals surface area contributed by atoms with Gasteiger partial charge in [0.2, 0.25) is 0 Å². The highest BCUT2D eigenvalue weighted by Gasteiger charge is 2.38. The van der Waals surface area contributed by atoms with Gasteiger partial charge in [-0.3, -0.25) is 4.79 Å². The maximum absolute atomic E-state index is 10.6. The zero-order valence-corrected chi connectivity index (χ0v) is 9.54. The topological polar surface area (TPSA) is 124 Å². The van der Waals surface area contributed by atoms with E-state index in [2.05, 4.69) is 5.32 Å². The van der Waals surface area contributed by atoms with Crippen molar-refractivity contribution in [2.75, 3.05) is 13.6 Å². The summed E-state index contributed by atoms with van der Waals surface area (Å²) in [5.41, 5.74) is 0. The third-order valence-corrected chi connectivity index (χ3v) is 0.813. The molecule has 0 aliphatic heterocycles. The maximum atomic E-state index is 10.6. The van der Waals surface area contributed by atoms with Gasteiger partial charge in [0.15, 0.2) is 0 Å². The number of carboxylic acid groups (broad SMARTS) is 3. The molecule has 0 aliphatic rings. The van der Waals surface area contributed by atoms with E-state index in [1.165, 1.54) is 0 Å². The smallest absolute Gasteiger partial charge is 0.480 e. The lowest BCUT2D eigenvalue weighted by molar-refractivity contribution is -0.193. The fourth-order valence-corrected chi connectivity index (χ4v) is 0.151. The number of likely N-dealkylation sites (N-methyl/N-ethyl adjacent to an activating group) is 1. The third-order valence-electron chi connectivity index (χ3n) is 0.813. The molecule has 0 saturated carbocycles. The van der Waals surface area contributed by atoms with Crippen molar-refractivity contribution in [2.24, 2.45) is 0 Å². The number of hydrogen-bond acceptors (Lipinski definition) is 4. The van der Waals surface area contributed by atoms with E-state index in [0.29, 0.717) is 0 Å². The van der Waals surface area contributed by atoms with E-state index in [9.17, 15) is 31.1 Å². The minimum atomic E-state index is -5.08. The lowest BCUT2D eigenvalue weighted by Gasteiger charge is -1.93. The molecule has 0 atom stereocenters. The molecule has 0 amide bonds. The number of nitrogens with one attached hydrogen (secondary N) is 1. The Kier molecular flexibility index (Phi) is 11.3. The molecule has 0 unspecified atom stereocenters. The van der Waals surface area contributed by atoms with Gasteiger partial charge in [0.1, 0.15) is 0 Å². The number of hydrogen-bond donors (Lipinski definition) is 4. The Morgan fingerprint density at radius 2 is 1.05 bits per heavy atom. The van der Waals surface area contributed by atoms with E-state index >= 15 is 0 Å². The second-order valence-corrected chi connectivity index (χ2v) is 2.53. The van der Waals surface area contributed by atoms with Crippen molar-refractivity contribution in [2.45, 2.75) is 12.4 Å². The van der Waals surface area contributed by atoms with Crippen LogP contribution in [0.15, 0.2) is 0 Å². The van der Waals surface area contributed by atoms with Crippen LogP contribution in [0.1, 0.15) is 0 Å². The van der Waals surface area contributed by atoms with Gasteiger partial charge >= 0.3 is 30.3 Å².